The molecule has 2 aromatic carbocycles. The summed E-state index contributed by atoms with van der Waals surface area (Å²) in [5.74, 6) is 0.800. The molecule has 21 heavy (non-hydrogen) atoms. The predicted octanol–water partition coefficient (Wildman–Crippen LogP) is 3.58. The van der Waals surface area contributed by atoms with E-state index in [0.29, 0.717) is 12.6 Å². The molecule has 0 bridgehead atoms. The molecular weight excluding hydrogens is 260 g/mol. The molecule has 0 aromatic heterocycles. The third kappa shape index (κ3) is 3.84. The number of benzene rings is 2. The summed E-state index contributed by atoms with van der Waals surface area (Å²) in [6.45, 7) is 0.539. The van der Waals surface area contributed by atoms with Gasteiger partial charge in [0.05, 0.1) is 6.07 Å². The van der Waals surface area contributed by atoms with Crippen LogP contribution in [0.15, 0.2) is 54.6 Å². The number of nitriles is 1. The van der Waals surface area contributed by atoms with Crippen LogP contribution in [-0.4, -0.2) is 6.04 Å². The average Bonchev–Trinajstić information content (AvgIpc) is 3.36. The van der Waals surface area contributed by atoms with Crippen LogP contribution in [0.1, 0.15) is 30.0 Å². The van der Waals surface area contributed by atoms with E-state index in [1.165, 1.54) is 12.8 Å². The molecule has 1 N–H and O–H groups in total. The van der Waals surface area contributed by atoms with Gasteiger partial charge in [-0.15, -0.1) is 0 Å². The first-order chi connectivity index (χ1) is 10.3. The highest BCUT2D eigenvalue weighted by Crippen LogP contribution is 2.25. The standard InChI is InChI=1S/C18H18N2O/c19-12-18(20-16-9-10-16)15-7-4-8-17(11-15)21-13-14-5-2-1-3-6-14/h1-8,11,16,18,20H,9-10,13H2. The molecule has 0 radical (unpaired) electrons. The summed E-state index contributed by atoms with van der Waals surface area (Å²) in [5, 5.41) is 12.6. The lowest BCUT2D eigenvalue weighted by molar-refractivity contribution is 0.305. The lowest BCUT2D eigenvalue weighted by Crippen LogP contribution is -2.21. The van der Waals surface area contributed by atoms with Gasteiger partial charge in [-0.2, -0.15) is 5.26 Å². The third-order valence-corrected chi connectivity index (χ3v) is 3.55. The predicted molar refractivity (Wildman–Crippen MR) is 81.7 cm³/mol. The Morgan fingerprint density at radius 1 is 1.14 bits per heavy atom. The Labute approximate surface area is 125 Å². The quantitative estimate of drug-likeness (QED) is 0.878. The van der Waals surface area contributed by atoms with E-state index < -0.39 is 0 Å². The van der Waals surface area contributed by atoms with Crippen LogP contribution in [0.2, 0.25) is 0 Å². The van der Waals surface area contributed by atoms with Crippen LogP contribution in [0.3, 0.4) is 0 Å². The van der Waals surface area contributed by atoms with Crippen molar-refractivity contribution in [1.82, 2.24) is 5.32 Å². The van der Waals surface area contributed by atoms with E-state index in [-0.39, 0.29) is 6.04 Å². The van der Waals surface area contributed by atoms with E-state index in [9.17, 15) is 5.26 Å². The summed E-state index contributed by atoms with van der Waals surface area (Å²) in [7, 11) is 0. The van der Waals surface area contributed by atoms with E-state index in [0.717, 1.165) is 16.9 Å². The number of ether oxygens (including phenoxy) is 1. The molecule has 3 heteroatoms. The van der Waals surface area contributed by atoms with Gasteiger partial charge in [0.2, 0.25) is 0 Å². The highest BCUT2D eigenvalue weighted by molar-refractivity contribution is 5.33. The maximum absolute atomic E-state index is 9.30. The Morgan fingerprint density at radius 2 is 1.95 bits per heavy atom. The summed E-state index contributed by atoms with van der Waals surface area (Å²) < 4.78 is 5.81. The Kier molecular flexibility index (Phi) is 4.18. The average molecular weight is 278 g/mol. The first-order valence-electron chi connectivity index (χ1n) is 7.27. The number of hydrogen-bond acceptors (Lipinski definition) is 3. The summed E-state index contributed by atoms with van der Waals surface area (Å²) in [6, 6.07) is 20.4. The van der Waals surface area contributed by atoms with Gasteiger partial charge in [0.25, 0.3) is 0 Å². The molecule has 0 aliphatic heterocycles. The second-order valence-electron chi connectivity index (χ2n) is 5.35. The molecule has 0 amide bonds. The number of rotatable bonds is 6. The van der Waals surface area contributed by atoms with E-state index in [4.69, 9.17) is 4.74 Å². The Bertz CT molecular complexity index is 629. The van der Waals surface area contributed by atoms with Crippen LogP contribution < -0.4 is 10.1 Å². The second-order valence-corrected chi connectivity index (χ2v) is 5.35. The van der Waals surface area contributed by atoms with Crippen LogP contribution in [0.25, 0.3) is 0 Å². The Balaban J connectivity index is 1.66. The zero-order valence-electron chi connectivity index (χ0n) is 11.8. The molecule has 1 aliphatic carbocycles. The van der Waals surface area contributed by atoms with Crippen molar-refractivity contribution in [2.75, 3.05) is 0 Å². The van der Waals surface area contributed by atoms with Gasteiger partial charge in [-0.1, -0.05) is 42.5 Å². The minimum atomic E-state index is -0.252. The molecular formula is C18H18N2O. The highest BCUT2D eigenvalue weighted by Gasteiger charge is 2.25. The third-order valence-electron chi connectivity index (χ3n) is 3.55. The fraction of sp³-hybridized carbons (Fsp3) is 0.278. The maximum atomic E-state index is 9.30. The van der Waals surface area contributed by atoms with Crippen molar-refractivity contribution in [2.24, 2.45) is 0 Å². The smallest absolute Gasteiger partial charge is 0.121 e. The fourth-order valence-electron chi connectivity index (χ4n) is 2.22. The molecule has 0 spiro atoms. The normalized spacial score (nSPS) is 15.2. The fourth-order valence-corrected chi connectivity index (χ4v) is 2.22. The zero-order chi connectivity index (χ0) is 14.5. The molecule has 1 atom stereocenters. The number of nitrogens with zero attached hydrogens (tertiary/aromatic N) is 1. The van der Waals surface area contributed by atoms with Crippen molar-refractivity contribution in [2.45, 2.75) is 31.5 Å². The van der Waals surface area contributed by atoms with E-state index in [1.54, 1.807) is 0 Å². The lowest BCUT2D eigenvalue weighted by Gasteiger charge is -2.13. The van der Waals surface area contributed by atoms with E-state index in [1.807, 2.05) is 54.6 Å². The molecule has 1 aliphatic rings. The van der Waals surface area contributed by atoms with Gasteiger partial charge in [-0.25, -0.2) is 0 Å². The van der Waals surface area contributed by atoms with E-state index in [2.05, 4.69) is 11.4 Å². The number of hydrogen-bond donors (Lipinski definition) is 1. The monoisotopic (exact) mass is 278 g/mol. The minimum Gasteiger partial charge on any atom is -0.489 e. The Morgan fingerprint density at radius 3 is 2.67 bits per heavy atom. The van der Waals surface area contributed by atoms with Gasteiger partial charge in [0.15, 0.2) is 0 Å². The topological polar surface area (TPSA) is 45.0 Å². The summed E-state index contributed by atoms with van der Waals surface area (Å²) in [4.78, 5) is 0. The molecule has 3 rings (SSSR count). The van der Waals surface area contributed by atoms with Crippen LogP contribution in [0.4, 0.5) is 0 Å². The van der Waals surface area contributed by atoms with Gasteiger partial charge in [0, 0.05) is 6.04 Å². The van der Waals surface area contributed by atoms with Gasteiger partial charge in [0.1, 0.15) is 18.4 Å². The second kappa shape index (κ2) is 6.43. The maximum Gasteiger partial charge on any atom is 0.121 e. The summed E-state index contributed by atoms with van der Waals surface area (Å²) >= 11 is 0. The molecule has 2 aromatic rings. The molecule has 0 saturated heterocycles. The van der Waals surface area contributed by atoms with Crippen LogP contribution in [-0.2, 0) is 6.61 Å². The molecule has 3 nitrogen and oxygen atoms in total. The molecule has 1 unspecified atom stereocenters. The molecule has 106 valence electrons. The Hall–Kier alpha value is -2.31. The first kappa shape index (κ1) is 13.7. The van der Waals surface area contributed by atoms with Gasteiger partial charge < -0.3 is 4.74 Å². The van der Waals surface area contributed by atoms with Gasteiger partial charge in [-0.3, -0.25) is 5.32 Å². The lowest BCUT2D eigenvalue weighted by atomic mass is 10.1. The summed E-state index contributed by atoms with van der Waals surface area (Å²) in [6.07, 6.45) is 2.34. The van der Waals surface area contributed by atoms with Gasteiger partial charge in [-0.05, 0) is 36.1 Å². The summed E-state index contributed by atoms with van der Waals surface area (Å²) in [5.41, 5.74) is 2.10. The van der Waals surface area contributed by atoms with E-state index >= 15 is 0 Å². The van der Waals surface area contributed by atoms with Gasteiger partial charge >= 0.3 is 0 Å². The van der Waals surface area contributed by atoms with Crippen molar-refractivity contribution in [3.63, 3.8) is 0 Å². The minimum absolute atomic E-state index is 0.252. The van der Waals surface area contributed by atoms with Crippen molar-refractivity contribution in [3.8, 4) is 11.8 Å². The zero-order valence-corrected chi connectivity index (χ0v) is 11.8. The molecule has 0 heterocycles. The van der Waals surface area contributed by atoms with Crippen molar-refractivity contribution in [1.29, 1.82) is 5.26 Å². The van der Waals surface area contributed by atoms with Crippen molar-refractivity contribution >= 4 is 0 Å². The highest BCUT2D eigenvalue weighted by atomic mass is 16.5. The SMILES string of the molecule is N#CC(NC1CC1)c1cccc(OCc2ccccc2)c1. The van der Waals surface area contributed by atoms with Crippen molar-refractivity contribution < 1.29 is 4.74 Å². The molecule has 1 fully saturated rings. The number of nitrogens with one attached hydrogen (secondary N) is 1. The van der Waals surface area contributed by atoms with Crippen LogP contribution in [0, 0.1) is 11.3 Å². The van der Waals surface area contributed by atoms with Crippen molar-refractivity contribution in [3.05, 3.63) is 65.7 Å². The van der Waals surface area contributed by atoms with Crippen LogP contribution >= 0.6 is 0 Å². The largest absolute Gasteiger partial charge is 0.489 e. The van der Waals surface area contributed by atoms with Crippen LogP contribution in [0.5, 0.6) is 5.75 Å². The first-order valence-corrected chi connectivity index (χ1v) is 7.27. The molecule has 1 saturated carbocycles.